The number of amides is 2. The number of hydrogen-bond donors (Lipinski definition) is 2. The van der Waals surface area contributed by atoms with Crippen molar-refractivity contribution in [2.75, 3.05) is 5.32 Å². The number of primary amides is 1. The maximum absolute atomic E-state index is 12.2. The predicted molar refractivity (Wildman–Crippen MR) is 72.0 cm³/mol. The molecule has 0 saturated carbocycles. The van der Waals surface area contributed by atoms with Gasteiger partial charge in [-0.15, -0.1) is 0 Å². The molecule has 8 heteroatoms. The Bertz CT molecular complexity index is 657. The molecule has 0 spiro atoms. The number of carbonyl (C=O) groups excluding carboxylic acids is 2. The van der Waals surface area contributed by atoms with Gasteiger partial charge in [-0.1, -0.05) is 0 Å². The molecule has 2 aromatic rings. The van der Waals surface area contributed by atoms with Crippen LogP contribution in [0.15, 0.2) is 18.5 Å². The Morgan fingerprint density at radius 3 is 2.70 bits per heavy atom. The number of nitrogens with zero attached hydrogens (tertiary/aromatic N) is 4. The Morgan fingerprint density at radius 2 is 2.15 bits per heavy atom. The van der Waals surface area contributed by atoms with Crippen LogP contribution >= 0.6 is 0 Å². The summed E-state index contributed by atoms with van der Waals surface area (Å²) in [6.07, 6.45) is 3.15. The Hall–Kier alpha value is -2.64. The van der Waals surface area contributed by atoms with Gasteiger partial charge in [-0.3, -0.25) is 19.0 Å². The summed E-state index contributed by atoms with van der Waals surface area (Å²) in [5.41, 5.74) is 6.41. The van der Waals surface area contributed by atoms with Crippen molar-refractivity contribution >= 4 is 17.5 Å². The third-order valence-corrected chi connectivity index (χ3v) is 2.93. The van der Waals surface area contributed by atoms with Crippen LogP contribution in [0, 0.1) is 6.92 Å². The van der Waals surface area contributed by atoms with E-state index in [1.165, 1.54) is 10.9 Å². The quantitative estimate of drug-likeness (QED) is 0.832. The lowest BCUT2D eigenvalue weighted by atomic mass is 10.2. The van der Waals surface area contributed by atoms with Gasteiger partial charge in [-0.05, 0) is 19.9 Å². The number of nitrogens with one attached hydrogen (secondary N) is 1. The van der Waals surface area contributed by atoms with Crippen molar-refractivity contribution in [1.29, 1.82) is 0 Å². The Labute approximate surface area is 115 Å². The first-order valence-electron chi connectivity index (χ1n) is 6.04. The van der Waals surface area contributed by atoms with Gasteiger partial charge in [0.25, 0.3) is 5.91 Å². The van der Waals surface area contributed by atoms with E-state index in [9.17, 15) is 9.59 Å². The Kier molecular flexibility index (Phi) is 3.55. The molecular weight excluding hydrogens is 260 g/mol. The fraction of sp³-hybridized carbons (Fsp3) is 0.333. The van der Waals surface area contributed by atoms with E-state index in [0.29, 0.717) is 5.69 Å². The lowest BCUT2D eigenvalue weighted by Gasteiger charge is -2.13. The van der Waals surface area contributed by atoms with Crippen LogP contribution in [0.25, 0.3) is 0 Å². The van der Waals surface area contributed by atoms with Gasteiger partial charge in [0.05, 0.1) is 5.69 Å². The maximum Gasteiger partial charge on any atom is 0.271 e. The van der Waals surface area contributed by atoms with Crippen LogP contribution in [-0.4, -0.2) is 31.4 Å². The summed E-state index contributed by atoms with van der Waals surface area (Å²) in [5, 5.41) is 10.6. The standard InChI is InChI=1S/C12H16N6O2/c1-7-4-5-14-18(7)8(2)12(20)15-9-6-17(3)16-10(9)11(13)19/h4-6,8H,1-3H3,(H2,13,19)(H,15,20)/t8-/m0/s1. The second kappa shape index (κ2) is 5.16. The molecule has 2 aromatic heterocycles. The molecule has 8 nitrogen and oxygen atoms in total. The smallest absolute Gasteiger partial charge is 0.271 e. The van der Waals surface area contributed by atoms with Crippen LogP contribution in [0.2, 0.25) is 0 Å². The summed E-state index contributed by atoms with van der Waals surface area (Å²) in [5.74, 6) is -0.990. The Balaban J connectivity index is 2.20. The zero-order valence-corrected chi connectivity index (χ0v) is 11.5. The van der Waals surface area contributed by atoms with Gasteiger partial charge < -0.3 is 11.1 Å². The normalized spacial score (nSPS) is 12.2. The number of aryl methyl sites for hydroxylation is 2. The summed E-state index contributed by atoms with van der Waals surface area (Å²) in [6, 6.07) is 1.30. The van der Waals surface area contributed by atoms with E-state index in [4.69, 9.17) is 5.73 Å². The van der Waals surface area contributed by atoms with Crippen LogP contribution in [0.3, 0.4) is 0 Å². The van der Waals surface area contributed by atoms with E-state index in [1.807, 2.05) is 13.0 Å². The van der Waals surface area contributed by atoms with Gasteiger partial charge in [0, 0.05) is 25.1 Å². The molecule has 3 N–H and O–H groups in total. The molecule has 2 rings (SSSR count). The van der Waals surface area contributed by atoms with E-state index in [2.05, 4.69) is 15.5 Å². The maximum atomic E-state index is 12.2. The molecule has 0 unspecified atom stereocenters. The average molecular weight is 276 g/mol. The van der Waals surface area contributed by atoms with Gasteiger partial charge in [-0.25, -0.2) is 0 Å². The highest BCUT2D eigenvalue weighted by Gasteiger charge is 2.21. The van der Waals surface area contributed by atoms with Gasteiger partial charge in [0.2, 0.25) is 5.91 Å². The highest BCUT2D eigenvalue weighted by molar-refractivity contribution is 6.02. The largest absolute Gasteiger partial charge is 0.364 e. The molecule has 0 fully saturated rings. The van der Waals surface area contributed by atoms with Crippen LogP contribution in [0.5, 0.6) is 0 Å². The van der Waals surface area contributed by atoms with Crippen molar-refractivity contribution in [3.8, 4) is 0 Å². The zero-order chi connectivity index (χ0) is 14.9. The molecule has 0 aliphatic rings. The number of anilines is 1. The van der Waals surface area contributed by atoms with Crippen molar-refractivity contribution in [3.05, 3.63) is 29.8 Å². The zero-order valence-electron chi connectivity index (χ0n) is 11.5. The van der Waals surface area contributed by atoms with Crippen molar-refractivity contribution in [1.82, 2.24) is 19.6 Å². The first-order valence-corrected chi connectivity index (χ1v) is 6.04. The van der Waals surface area contributed by atoms with E-state index >= 15 is 0 Å². The molecule has 0 radical (unpaired) electrons. The minimum atomic E-state index is -0.691. The van der Waals surface area contributed by atoms with Crippen molar-refractivity contribution in [3.63, 3.8) is 0 Å². The SMILES string of the molecule is Cc1ccnn1[C@@H](C)C(=O)Nc1cn(C)nc1C(N)=O. The number of aromatic nitrogens is 4. The van der Waals surface area contributed by atoms with Crippen LogP contribution in [-0.2, 0) is 11.8 Å². The highest BCUT2D eigenvalue weighted by Crippen LogP contribution is 2.16. The molecule has 2 amide bonds. The predicted octanol–water partition coefficient (Wildman–Crippen LogP) is 0.224. The fourth-order valence-electron chi connectivity index (χ4n) is 1.90. The summed E-state index contributed by atoms with van der Waals surface area (Å²) in [4.78, 5) is 23.4. The topological polar surface area (TPSA) is 108 Å². The summed E-state index contributed by atoms with van der Waals surface area (Å²) >= 11 is 0. The molecule has 2 heterocycles. The number of rotatable bonds is 4. The Morgan fingerprint density at radius 1 is 1.45 bits per heavy atom. The van der Waals surface area contributed by atoms with Gasteiger partial charge >= 0.3 is 0 Å². The van der Waals surface area contributed by atoms with Crippen LogP contribution in [0.4, 0.5) is 5.69 Å². The minimum absolute atomic E-state index is 0.0326. The van der Waals surface area contributed by atoms with Gasteiger partial charge in [0.15, 0.2) is 5.69 Å². The van der Waals surface area contributed by atoms with E-state index < -0.39 is 11.9 Å². The molecule has 106 valence electrons. The molecule has 0 aromatic carbocycles. The van der Waals surface area contributed by atoms with E-state index in [-0.39, 0.29) is 11.6 Å². The highest BCUT2D eigenvalue weighted by atomic mass is 16.2. The molecule has 1 atom stereocenters. The molecule has 0 saturated heterocycles. The third-order valence-electron chi connectivity index (χ3n) is 2.93. The average Bonchev–Trinajstić information content (AvgIpc) is 2.94. The monoisotopic (exact) mass is 276 g/mol. The second-order valence-corrected chi connectivity index (χ2v) is 4.51. The third kappa shape index (κ3) is 2.53. The van der Waals surface area contributed by atoms with Crippen LogP contribution in [0.1, 0.15) is 29.1 Å². The van der Waals surface area contributed by atoms with Crippen molar-refractivity contribution < 1.29 is 9.59 Å². The molecule has 0 bridgehead atoms. The fourth-order valence-corrected chi connectivity index (χ4v) is 1.90. The molecule has 20 heavy (non-hydrogen) atoms. The molecule has 0 aliphatic carbocycles. The number of nitrogens with two attached hydrogens (primary N) is 1. The summed E-state index contributed by atoms with van der Waals surface area (Å²) in [7, 11) is 1.64. The minimum Gasteiger partial charge on any atom is -0.364 e. The summed E-state index contributed by atoms with van der Waals surface area (Å²) in [6.45, 7) is 3.57. The lowest BCUT2D eigenvalue weighted by Crippen LogP contribution is -2.26. The molecule has 0 aliphatic heterocycles. The van der Waals surface area contributed by atoms with Gasteiger partial charge in [0.1, 0.15) is 6.04 Å². The first kappa shape index (κ1) is 13.8. The van der Waals surface area contributed by atoms with Crippen molar-refractivity contribution in [2.45, 2.75) is 19.9 Å². The number of carbonyl (C=O) groups is 2. The molecular formula is C12H16N6O2. The van der Waals surface area contributed by atoms with Crippen LogP contribution < -0.4 is 11.1 Å². The van der Waals surface area contributed by atoms with E-state index in [1.54, 1.807) is 24.9 Å². The van der Waals surface area contributed by atoms with E-state index in [0.717, 1.165) is 5.69 Å². The van der Waals surface area contributed by atoms with Gasteiger partial charge in [-0.2, -0.15) is 10.2 Å². The first-order chi connectivity index (χ1) is 9.40. The second-order valence-electron chi connectivity index (χ2n) is 4.51. The van der Waals surface area contributed by atoms with Crippen molar-refractivity contribution in [2.24, 2.45) is 12.8 Å². The number of hydrogen-bond acceptors (Lipinski definition) is 4. The summed E-state index contributed by atoms with van der Waals surface area (Å²) < 4.78 is 3.01. The lowest BCUT2D eigenvalue weighted by molar-refractivity contribution is -0.119.